The van der Waals surface area contributed by atoms with E-state index in [0.717, 1.165) is 17.2 Å². The Hall–Kier alpha value is -2.66. The molecule has 1 saturated heterocycles. The lowest BCUT2D eigenvalue weighted by molar-refractivity contribution is 0.367. The molecule has 144 valence electrons. The zero-order valence-corrected chi connectivity index (χ0v) is 17.6. The van der Waals surface area contributed by atoms with Crippen molar-refractivity contribution in [2.24, 2.45) is 0 Å². The highest BCUT2D eigenvalue weighted by Crippen LogP contribution is 2.40. The number of pyridine rings is 1. The molecule has 1 aliphatic heterocycles. The first kappa shape index (κ1) is 18.7. The van der Waals surface area contributed by atoms with Gasteiger partial charge in [0.25, 0.3) is 0 Å². The fourth-order valence-corrected chi connectivity index (χ4v) is 4.57. The molecule has 3 heterocycles. The third kappa shape index (κ3) is 3.00. The second-order valence-electron chi connectivity index (χ2n) is 7.38. The normalized spacial score (nSPS) is 19.1. The average Bonchev–Trinajstić information content (AvgIpc) is 3.17. The van der Waals surface area contributed by atoms with Crippen LogP contribution in [0, 0.1) is 13.8 Å². The minimum Gasteiger partial charge on any atom is -0.352 e. The van der Waals surface area contributed by atoms with E-state index in [4.69, 9.17) is 12.2 Å². The summed E-state index contributed by atoms with van der Waals surface area (Å²) in [7, 11) is 2.06. The van der Waals surface area contributed by atoms with Gasteiger partial charge in [0, 0.05) is 30.3 Å². The van der Waals surface area contributed by atoms with Crippen LogP contribution in [0.25, 0.3) is 5.69 Å². The monoisotopic (exact) mass is 390 g/mol. The van der Waals surface area contributed by atoms with Crippen LogP contribution >= 0.6 is 12.2 Å². The molecule has 2 atom stereocenters. The molecule has 0 unspecified atom stereocenters. The first-order valence-electron chi connectivity index (χ1n) is 9.74. The molecule has 4 rings (SSSR count). The van der Waals surface area contributed by atoms with Crippen LogP contribution in [-0.2, 0) is 6.42 Å². The highest BCUT2D eigenvalue weighted by Gasteiger charge is 2.39. The summed E-state index contributed by atoms with van der Waals surface area (Å²) in [5, 5.41) is 4.24. The van der Waals surface area contributed by atoms with E-state index in [2.05, 4.69) is 84.0 Å². The van der Waals surface area contributed by atoms with E-state index < -0.39 is 0 Å². The van der Waals surface area contributed by atoms with Crippen LogP contribution in [0.3, 0.4) is 0 Å². The van der Waals surface area contributed by atoms with Gasteiger partial charge in [0.05, 0.1) is 17.8 Å². The van der Waals surface area contributed by atoms with Crippen LogP contribution in [0.2, 0.25) is 0 Å². The average molecular weight is 391 g/mol. The highest BCUT2D eigenvalue weighted by atomic mass is 32.1. The second-order valence-corrected chi connectivity index (χ2v) is 7.77. The van der Waals surface area contributed by atoms with E-state index in [1.165, 1.54) is 28.2 Å². The quantitative estimate of drug-likeness (QED) is 0.657. The van der Waals surface area contributed by atoms with Gasteiger partial charge < -0.3 is 14.8 Å². The van der Waals surface area contributed by atoms with Gasteiger partial charge in [0.2, 0.25) is 0 Å². The van der Waals surface area contributed by atoms with Gasteiger partial charge >= 0.3 is 0 Å². The van der Waals surface area contributed by atoms with E-state index in [1.54, 1.807) is 0 Å². The van der Waals surface area contributed by atoms with Gasteiger partial charge in [-0.25, -0.2) is 0 Å². The molecule has 0 bridgehead atoms. The molecule has 0 radical (unpaired) electrons. The summed E-state index contributed by atoms with van der Waals surface area (Å²) in [6.45, 7) is 6.59. The van der Waals surface area contributed by atoms with Crippen molar-refractivity contribution >= 4 is 17.3 Å². The maximum Gasteiger partial charge on any atom is 0.169 e. The molecule has 0 spiro atoms. The molecular weight excluding hydrogens is 364 g/mol. The molecule has 1 fully saturated rings. The van der Waals surface area contributed by atoms with E-state index in [-0.39, 0.29) is 12.1 Å². The Balaban J connectivity index is 1.84. The molecule has 0 aliphatic carbocycles. The SMILES string of the molecule is CCc1ccccc1-n1c(C)cc([C@@H]2[C@H](c3ccccn3)NC(=S)N2C)c1C. The smallest absolute Gasteiger partial charge is 0.169 e. The van der Waals surface area contributed by atoms with Crippen LogP contribution in [0.5, 0.6) is 0 Å². The van der Waals surface area contributed by atoms with Gasteiger partial charge in [-0.1, -0.05) is 31.2 Å². The first-order valence-corrected chi connectivity index (χ1v) is 10.1. The minimum absolute atomic E-state index is 0.0362. The van der Waals surface area contributed by atoms with Gasteiger partial charge in [0.1, 0.15) is 0 Å². The largest absolute Gasteiger partial charge is 0.352 e. The number of thiocarbonyl (C=S) groups is 1. The summed E-state index contributed by atoms with van der Waals surface area (Å²) in [6.07, 6.45) is 2.85. The molecule has 5 heteroatoms. The molecule has 0 amide bonds. The molecular formula is C23H26N4S. The predicted molar refractivity (Wildman–Crippen MR) is 118 cm³/mol. The number of rotatable bonds is 4. The number of hydrogen-bond donors (Lipinski definition) is 1. The van der Waals surface area contributed by atoms with Crippen molar-refractivity contribution in [2.75, 3.05) is 7.05 Å². The van der Waals surface area contributed by atoms with Crippen molar-refractivity contribution in [3.8, 4) is 5.69 Å². The maximum atomic E-state index is 5.59. The van der Waals surface area contributed by atoms with Crippen molar-refractivity contribution in [2.45, 2.75) is 39.3 Å². The number of nitrogens with one attached hydrogen (secondary N) is 1. The molecule has 1 N–H and O–H groups in total. The summed E-state index contributed by atoms with van der Waals surface area (Å²) >= 11 is 5.59. The van der Waals surface area contributed by atoms with Gasteiger partial charge in [-0.05, 0) is 67.9 Å². The lowest BCUT2D eigenvalue weighted by Gasteiger charge is -2.24. The fourth-order valence-electron chi connectivity index (χ4n) is 4.33. The van der Waals surface area contributed by atoms with E-state index in [1.807, 2.05) is 18.3 Å². The van der Waals surface area contributed by atoms with E-state index in [9.17, 15) is 0 Å². The predicted octanol–water partition coefficient (Wildman–Crippen LogP) is 4.65. The van der Waals surface area contributed by atoms with Crippen molar-refractivity contribution in [3.05, 3.63) is 82.9 Å². The van der Waals surface area contributed by atoms with Gasteiger partial charge in [-0.15, -0.1) is 0 Å². The molecule has 1 aliphatic rings. The number of para-hydroxylation sites is 1. The van der Waals surface area contributed by atoms with Gasteiger partial charge in [0.15, 0.2) is 5.11 Å². The summed E-state index contributed by atoms with van der Waals surface area (Å²) in [4.78, 5) is 6.75. The zero-order chi connectivity index (χ0) is 19.8. The topological polar surface area (TPSA) is 33.1 Å². The Bertz CT molecular complexity index is 1010. The van der Waals surface area contributed by atoms with Crippen molar-refractivity contribution in [1.29, 1.82) is 0 Å². The molecule has 28 heavy (non-hydrogen) atoms. The first-order chi connectivity index (χ1) is 13.5. The fraction of sp³-hybridized carbons (Fsp3) is 0.304. The molecule has 3 aromatic rings. The number of aromatic nitrogens is 2. The minimum atomic E-state index is 0.0362. The summed E-state index contributed by atoms with van der Waals surface area (Å²) in [5.41, 5.74) is 7.40. The van der Waals surface area contributed by atoms with Crippen LogP contribution < -0.4 is 5.32 Å². The molecule has 4 nitrogen and oxygen atoms in total. The lowest BCUT2D eigenvalue weighted by Crippen LogP contribution is -2.25. The maximum absolute atomic E-state index is 5.59. The summed E-state index contributed by atoms with van der Waals surface area (Å²) in [6, 6.07) is 17.1. The zero-order valence-electron chi connectivity index (χ0n) is 16.8. The van der Waals surface area contributed by atoms with Gasteiger partial charge in [-0.2, -0.15) is 0 Å². The van der Waals surface area contributed by atoms with Gasteiger partial charge in [-0.3, -0.25) is 4.98 Å². The standard InChI is InChI=1S/C23H26N4S/c1-5-17-10-6-7-12-20(17)27-15(2)14-18(16(27)3)22-21(25-23(28)26(22)4)19-11-8-9-13-24-19/h6-14,21-22H,5H2,1-4H3,(H,25,28)/t21-,22+/m0/s1. The third-order valence-electron chi connectivity index (χ3n) is 5.74. The Morgan fingerprint density at radius 2 is 1.86 bits per heavy atom. The van der Waals surface area contributed by atoms with Crippen LogP contribution in [-0.4, -0.2) is 26.6 Å². The molecule has 2 aromatic heterocycles. The Morgan fingerprint density at radius 1 is 1.11 bits per heavy atom. The number of nitrogens with zero attached hydrogens (tertiary/aromatic N) is 3. The van der Waals surface area contributed by atoms with Crippen LogP contribution in [0.1, 0.15) is 47.2 Å². The van der Waals surface area contributed by atoms with Crippen LogP contribution in [0.15, 0.2) is 54.7 Å². The number of aryl methyl sites for hydroxylation is 2. The second kappa shape index (κ2) is 7.40. The summed E-state index contributed by atoms with van der Waals surface area (Å²) < 4.78 is 2.37. The number of benzene rings is 1. The van der Waals surface area contributed by atoms with Crippen molar-refractivity contribution in [3.63, 3.8) is 0 Å². The van der Waals surface area contributed by atoms with E-state index in [0.29, 0.717) is 0 Å². The Kier molecular flexibility index (Phi) is 4.94. The lowest BCUT2D eigenvalue weighted by atomic mass is 9.97. The van der Waals surface area contributed by atoms with Crippen molar-refractivity contribution < 1.29 is 0 Å². The highest BCUT2D eigenvalue weighted by molar-refractivity contribution is 7.80. The summed E-state index contributed by atoms with van der Waals surface area (Å²) in [5.74, 6) is 0. The Morgan fingerprint density at radius 3 is 2.57 bits per heavy atom. The van der Waals surface area contributed by atoms with Crippen molar-refractivity contribution in [1.82, 2.24) is 19.8 Å². The molecule has 1 aromatic carbocycles. The Labute approximate surface area is 172 Å². The third-order valence-corrected chi connectivity index (χ3v) is 6.15. The van der Waals surface area contributed by atoms with E-state index >= 15 is 0 Å². The number of hydrogen-bond acceptors (Lipinski definition) is 2. The number of likely N-dealkylation sites (N-methyl/N-ethyl adjacent to an activating group) is 1. The molecule has 0 saturated carbocycles. The van der Waals surface area contributed by atoms with Crippen LogP contribution in [0.4, 0.5) is 0 Å².